The van der Waals surface area contributed by atoms with E-state index in [-0.39, 0.29) is 18.0 Å². The number of rotatable bonds is 8. The Bertz CT molecular complexity index is 948. The van der Waals surface area contributed by atoms with Gasteiger partial charge in [-0.25, -0.2) is 9.78 Å². The van der Waals surface area contributed by atoms with Gasteiger partial charge in [0.25, 0.3) is 0 Å². The summed E-state index contributed by atoms with van der Waals surface area (Å²) in [6.07, 6.45) is 2.13. The minimum absolute atomic E-state index is 0.104. The molecule has 1 aromatic heterocycles. The van der Waals surface area contributed by atoms with Crippen LogP contribution in [0.3, 0.4) is 0 Å². The van der Waals surface area contributed by atoms with Crippen molar-refractivity contribution < 1.29 is 23.4 Å². The number of nitrogens with one attached hydrogen (secondary N) is 1. The number of ether oxygens (including phenoxy) is 2. The molecular weight excluding hydrogens is 398 g/mol. The number of aromatic nitrogens is 1. The van der Waals surface area contributed by atoms with E-state index in [2.05, 4.69) is 10.3 Å². The molecule has 1 unspecified atom stereocenters. The maximum Gasteiger partial charge on any atom is 0.412 e. The lowest BCUT2D eigenvalue weighted by Crippen LogP contribution is -2.34. The summed E-state index contributed by atoms with van der Waals surface area (Å²) in [6, 6.07) is 8.07. The monoisotopic (exact) mass is 419 g/mol. The molecule has 0 radical (unpaired) electrons. The number of cyclic esters (lactones) is 1. The van der Waals surface area contributed by atoms with E-state index in [0.29, 0.717) is 34.9 Å². The number of benzene rings is 1. The van der Waals surface area contributed by atoms with Gasteiger partial charge >= 0.3 is 11.8 Å². The SMILES string of the molecule is CC1(C)OC(=O)Nc2cc([N+](=O)[O-])c(OCCCCS(=O)c3ccccn3)cc21. The predicted octanol–water partition coefficient (Wildman–Crippen LogP) is 3.75. The highest BCUT2D eigenvalue weighted by Gasteiger charge is 2.36. The Labute approximate surface area is 170 Å². The molecule has 0 bridgehead atoms. The Balaban J connectivity index is 1.64. The fourth-order valence-corrected chi connectivity index (χ4v) is 4.04. The zero-order valence-corrected chi connectivity index (χ0v) is 16.9. The Hall–Kier alpha value is -3.01. The molecule has 29 heavy (non-hydrogen) atoms. The van der Waals surface area contributed by atoms with E-state index >= 15 is 0 Å². The van der Waals surface area contributed by atoms with Gasteiger partial charge in [0.05, 0.1) is 28.0 Å². The summed E-state index contributed by atoms with van der Waals surface area (Å²) in [5, 5.41) is 14.4. The molecule has 1 aromatic carbocycles. The molecule has 0 aliphatic carbocycles. The van der Waals surface area contributed by atoms with E-state index in [9.17, 15) is 19.1 Å². The maximum atomic E-state index is 12.1. The van der Waals surface area contributed by atoms with Gasteiger partial charge in [-0.2, -0.15) is 0 Å². The van der Waals surface area contributed by atoms with Crippen LogP contribution in [0.1, 0.15) is 32.3 Å². The highest BCUT2D eigenvalue weighted by atomic mass is 32.2. The Morgan fingerprint density at radius 2 is 2.10 bits per heavy atom. The Kier molecular flexibility index (Phi) is 6.12. The summed E-state index contributed by atoms with van der Waals surface area (Å²) < 4.78 is 23.0. The summed E-state index contributed by atoms with van der Waals surface area (Å²) in [7, 11) is -1.19. The molecule has 1 atom stereocenters. The fraction of sp³-hybridized carbons (Fsp3) is 0.368. The third-order valence-corrected chi connectivity index (χ3v) is 5.75. The molecular formula is C19H21N3O6S. The van der Waals surface area contributed by atoms with Crippen molar-refractivity contribution in [1.29, 1.82) is 0 Å². The molecule has 3 rings (SSSR count). The van der Waals surface area contributed by atoms with Crippen molar-refractivity contribution in [1.82, 2.24) is 4.98 Å². The van der Waals surface area contributed by atoms with Gasteiger partial charge in [-0.15, -0.1) is 0 Å². The van der Waals surface area contributed by atoms with Crippen molar-refractivity contribution in [3.63, 3.8) is 0 Å². The molecule has 2 heterocycles. The molecule has 2 aromatic rings. The predicted molar refractivity (Wildman–Crippen MR) is 106 cm³/mol. The lowest BCUT2D eigenvalue weighted by molar-refractivity contribution is -0.385. The van der Waals surface area contributed by atoms with E-state index in [1.165, 1.54) is 12.1 Å². The smallest absolute Gasteiger partial charge is 0.412 e. The number of unbranched alkanes of at least 4 members (excludes halogenated alkanes) is 1. The zero-order valence-electron chi connectivity index (χ0n) is 16.0. The van der Waals surface area contributed by atoms with E-state index in [1.54, 1.807) is 38.2 Å². The van der Waals surface area contributed by atoms with Gasteiger partial charge in [0.2, 0.25) is 0 Å². The molecule has 10 heteroatoms. The number of pyridine rings is 1. The van der Waals surface area contributed by atoms with Gasteiger partial charge < -0.3 is 9.47 Å². The lowest BCUT2D eigenvalue weighted by atomic mass is 9.94. The number of carbonyl (C=O) groups is 1. The second-order valence-electron chi connectivity index (χ2n) is 6.92. The largest absolute Gasteiger partial charge is 0.487 e. The number of carbonyl (C=O) groups excluding carboxylic acids is 1. The second-order valence-corrected chi connectivity index (χ2v) is 8.44. The molecule has 1 aliphatic heterocycles. The van der Waals surface area contributed by atoms with Gasteiger partial charge in [-0.05, 0) is 44.9 Å². The summed E-state index contributed by atoms with van der Waals surface area (Å²) in [6.45, 7) is 3.63. The van der Waals surface area contributed by atoms with Crippen LogP contribution in [0.15, 0.2) is 41.6 Å². The molecule has 0 fully saturated rings. The van der Waals surface area contributed by atoms with Gasteiger partial charge in [0, 0.05) is 23.6 Å². The van der Waals surface area contributed by atoms with Gasteiger partial charge in [0.15, 0.2) is 5.75 Å². The van der Waals surface area contributed by atoms with E-state index < -0.39 is 27.4 Å². The molecule has 1 amide bonds. The zero-order chi connectivity index (χ0) is 21.0. The number of nitro benzene ring substituents is 1. The highest BCUT2D eigenvalue weighted by Crippen LogP contribution is 2.42. The van der Waals surface area contributed by atoms with Crippen molar-refractivity contribution in [2.24, 2.45) is 0 Å². The number of nitro groups is 1. The Morgan fingerprint density at radius 1 is 1.31 bits per heavy atom. The van der Waals surface area contributed by atoms with Crippen molar-refractivity contribution in [3.8, 4) is 5.75 Å². The summed E-state index contributed by atoms with van der Waals surface area (Å²) >= 11 is 0. The molecule has 9 nitrogen and oxygen atoms in total. The number of hydrogen-bond donors (Lipinski definition) is 1. The first-order chi connectivity index (χ1) is 13.8. The van der Waals surface area contributed by atoms with Gasteiger partial charge in [-0.1, -0.05) is 6.07 Å². The maximum absolute atomic E-state index is 12.1. The van der Waals surface area contributed by atoms with Crippen molar-refractivity contribution >= 4 is 28.3 Å². The summed E-state index contributed by atoms with van der Waals surface area (Å²) in [5.41, 5.74) is -0.256. The quantitative estimate of drug-likeness (QED) is 0.393. The molecule has 0 saturated heterocycles. The van der Waals surface area contributed by atoms with Crippen LogP contribution in [0.2, 0.25) is 0 Å². The van der Waals surface area contributed by atoms with Crippen molar-refractivity contribution in [2.45, 2.75) is 37.3 Å². The number of anilines is 1. The third-order valence-electron chi connectivity index (χ3n) is 4.38. The van der Waals surface area contributed by atoms with Crippen LogP contribution in [-0.4, -0.2) is 32.6 Å². The van der Waals surface area contributed by atoms with Crippen molar-refractivity contribution in [2.75, 3.05) is 17.7 Å². The normalized spacial score (nSPS) is 15.6. The fourth-order valence-electron chi connectivity index (χ4n) is 2.95. The van der Waals surface area contributed by atoms with Gasteiger partial charge in [-0.3, -0.25) is 19.6 Å². The van der Waals surface area contributed by atoms with Crippen LogP contribution < -0.4 is 10.1 Å². The van der Waals surface area contributed by atoms with E-state index in [0.717, 1.165) is 0 Å². The van der Waals surface area contributed by atoms with E-state index in [1.807, 2.05) is 0 Å². The van der Waals surface area contributed by atoms with Crippen LogP contribution >= 0.6 is 0 Å². The third kappa shape index (κ3) is 4.89. The topological polar surface area (TPSA) is 121 Å². The van der Waals surface area contributed by atoms with Crippen LogP contribution in [0.4, 0.5) is 16.2 Å². The van der Waals surface area contributed by atoms with Crippen LogP contribution in [0.25, 0.3) is 0 Å². The van der Waals surface area contributed by atoms with Crippen LogP contribution in [0.5, 0.6) is 5.75 Å². The molecule has 1 N–H and O–H groups in total. The van der Waals surface area contributed by atoms with E-state index in [4.69, 9.17) is 9.47 Å². The Morgan fingerprint density at radius 3 is 2.79 bits per heavy atom. The first-order valence-corrected chi connectivity index (χ1v) is 10.3. The average molecular weight is 419 g/mol. The molecule has 154 valence electrons. The minimum atomic E-state index is -1.19. The average Bonchev–Trinajstić information content (AvgIpc) is 2.67. The molecule has 0 saturated carbocycles. The standard InChI is InChI=1S/C19H21N3O6S/c1-19(2)13-11-16(15(22(24)25)12-14(13)21-18(23)28-19)27-9-5-6-10-29(26)17-7-3-4-8-20-17/h3-4,7-8,11-12H,5-6,9-10H2,1-2H3,(H,21,23). The van der Waals surface area contributed by atoms with Crippen LogP contribution in [0, 0.1) is 10.1 Å². The summed E-state index contributed by atoms with van der Waals surface area (Å²) in [5.74, 6) is 0.534. The summed E-state index contributed by atoms with van der Waals surface area (Å²) in [4.78, 5) is 26.6. The lowest BCUT2D eigenvalue weighted by Gasteiger charge is -2.32. The molecule has 1 aliphatic rings. The first kappa shape index (κ1) is 20.7. The highest BCUT2D eigenvalue weighted by molar-refractivity contribution is 7.84. The number of amides is 1. The first-order valence-electron chi connectivity index (χ1n) is 9.03. The number of nitrogens with zero attached hydrogens (tertiary/aromatic N) is 2. The molecule has 0 spiro atoms. The number of hydrogen-bond acceptors (Lipinski definition) is 7. The van der Waals surface area contributed by atoms with Crippen molar-refractivity contribution in [3.05, 3.63) is 52.2 Å². The van der Waals surface area contributed by atoms with Crippen LogP contribution in [-0.2, 0) is 21.1 Å². The minimum Gasteiger partial charge on any atom is -0.487 e. The second kappa shape index (κ2) is 8.56. The van der Waals surface area contributed by atoms with Gasteiger partial charge in [0.1, 0.15) is 10.6 Å². The number of fused-ring (bicyclic) bond motifs is 1.